The predicted octanol–water partition coefficient (Wildman–Crippen LogP) is 0.761. The topological polar surface area (TPSA) is 52.6 Å². The molecular formula is C7H11O4. The van der Waals surface area contributed by atoms with Gasteiger partial charge in [0.1, 0.15) is 0 Å². The molecule has 0 heterocycles. The number of hydrogen-bond acceptors (Lipinski definition) is 4. The Bertz CT molecular complexity index is 122. The quantitative estimate of drug-likeness (QED) is 0.326. The van der Waals surface area contributed by atoms with E-state index in [0.717, 1.165) is 19.3 Å². The molecule has 4 heteroatoms. The molecule has 0 bridgehead atoms. The van der Waals surface area contributed by atoms with E-state index >= 15 is 0 Å². The van der Waals surface area contributed by atoms with Crippen LogP contribution >= 0.6 is 0 Å². The molecule has 0 aromatic heterocycles. The van der Waals surface area contributed by atoms with Crippen molar-refractivity contribution in [2.24, 2.45) is 0 Å². The van der Waals surface area contributed by atoms with E-state index in [0.29, 0.717) is 6.42 Å². The lowest BCUT2D eigenvalue weighted by atomic mass is 10.3. The second kappa shape index (κ2) is 7.05. The molecule has 0 unspecified atom stereocenters. The Morgan fingerprint density at radius 3 is 2.82 bits per heavy atom. The molecule has 0 aliphatic heterocycles. The summed E-state index contributed by atoms with van der Waals surface area (Å²) in [5, 5.41) is 0. The summed E-state index contributed by atoms with van der Waals surface area (Å²) in [5.41, 5.74) is 0. The molecule has 0 N–H and O–H groups in total. The molecule has 0 aliphatic rings. The summed E-state index contributed by atoms with van der Waals surface area (Å²) in [6, 6.07) is 0. The number of ether oxygens (including phenoxy) is 2. The van der Waals surface area contributed by atoms with Gasteiger partial charge in [0.2, 0.25) is 6.79 Å². The van der Waals surface area contributed by atoms with Crippen LogP contribution in [0.15, 0.2) is 0 Å². The van der Waals surface area contributed by atoms with Gasteiger partial charge in [0.15, 0.2) is 0 Å². The van der Waals surface area contributed by atoms with Gasteiger partial charge in [0.05, 0.1) is 0 Å². The Hall–Kier alpha value is -1.06. The van der Waals surface area contributed by atoms with Gasteiger partial charge in [-0.25, -0.2) is 4.79 Å². The Balaban J connectivity index is 3.15. The molecule has 0 aliphatic carbocycles. The third kappa shape index (κ3) is 6.83. The molecular weight excluding hydrogens is 148 g/mol. The van der Waals surface area contributed by atoms with E-state index in [1.165, 1.54) is 0 Å². The maximum Gasteiger partial charge on any atom is 0.420 e. The molecule has 0 atom stereocenters. The molecule has 0 saturated heterocycles. The van der Waals surface area contributed by atoms with Crippen LogP contribution in [0.4, 0.5) is 0 Å². The van der Waals surface area contributed by atoms with Gasteiger partial charge in [-0.15, -0.1) is 0 Å². The van der Waals surface area contributed by atoms with Crippen LogP contribution in [0.1, 0.15) is 26.2 Å². The lowest BCUT2D eigenvalue weighted by Crippen LogP contribution is -2.07. The minimum atomic E-state index is -0.345. The number of rotatable bonds is 6. The number of esters is 1. The first-order valence-electron chi connectivity index (χ1n) is 3.45. The fourth-order valence-corrected chi connectivity index (χ4v) is 0.513. The van der Waals surface area contributed by atoms with E-state index in [-0.39, 0.29) is 12.8 Å². The molecule has 11 heavy (non-hydrogen) atoms. The van der Waals surface area contributed by atoms with Crippen molar-refractivity contribution in [1.82, 2.24) is 0 Å². The summed E-state index contributed by atoms with van der Waals surface area (Å²) in [5.74, 6) is -0.345. The lowest BCUT2D eigenvalue weighted by molar-refractivity contribution is -0.150. The van der Waals surface area contributed by atoms with E-state index < -0.39 is 0 Å². The van der Waals surface area contributed by atoms with Gasteiger partial charge in [-0.05, 0) is 6.42 Å². The summed E-state index contributed by atoms with van der Waals surface area (Å²) >= 11 is 0. The first kappa shape index (κ1) is 9.94. The molecule has 0 aromatic carbocycles. The third-order valence-electron chi connectivity index (χ3n) is 1.07. The van der Waals surface area contributed by atoms with Crippen molar-refractivity contribution in [3.05, 3.63) is 0 Å². The van der Waals surface area contributed by atoms with Crippen molar-refractivity contribution in [3.63, 3.8) is 0 Å². The largest absolute Gasteiger partial charge is 0.428 e. The fourth-order valence-electron chi connectivity index (χ4n) is 0.513. The zero-order valence-corrected chi connectivity index (χ0v) is 6.46. The van der Waals surface area contributed by atoms with E-state index in [2.05, 4.69) is 9.47 Å². The molecule has 1 radical (unpaired) electrons. The van der Waals surface area contributed by atoms with Crippen molar-refractivity contribution in [2.45, 2.75) is 26.2 Å². The van der Waals surface area contributed by atoms with Gasteiger partial charge >= 0.3 is 12.4 Å². The highest BCUT2D eigenvalue weighted by Crippen LogP contribution is 1.95. The Morgan fingerprint density at radius 1 is 1.55 bits per heavy atom. The zero-order valence-electron chi connectivity index (χ0n) is 6.46. The van der Waals surface area contributed by atoms with Gasteiger partial charge in [0, 0.05) is 6.42 Å². The Labute approximate surface area is 65.5 Å². The van der Waals surface area contributed by atoms with Crippen LogP contribution in [-0.4, -0.2) is 19.2 Å². The number of carbonyl (C=O) groups excluding carboxylic acids is 2. The highest BCUT2D eigenvalue weighted by atomic mass is 16.7. The van der Waals surface area contributed by atoms with Crippen molar-refractivity contribution in [1.29, 1.82) is 0 Å². The molecule has 0 aromatic rings. The van der Waals surface area contributed by atoms with Crippen molar-refractivity contribution >= 4 is 12.4 Å². The minimum Gasteiger partial charge on any atom is -0.428 e. The smallest absolute Gasteiger partial charge is 0.420 e. The molecule has 63 valence electrons. The molecule has 0 spiro atoms. The van der Waals surface area contributed by atoms with Crippen molar-refractivity contribution < 1.29 is 19.1 Å². The van der Waals surface area contributed by atoms with E-state index in [1.54, 1.807) is 0 Å². The molecule has 4 nitrogen and oxygen atoms in total. The van der Waals surface area contributed by atoms with E-state index in [4.69, 9.17) is 0 Å². The zero-order chi connectivity index (χ0) is 8.53. The average molecular weight is 159 g/mol. The summed E-state index contributed by atoms with van der Waals surface area (Å²) in [6.07, 6.45) is 2.11. The predicted molar refractivity (Wildman–Crippen MR) is 37.3 cm³/mol. The second-order valence-corrected chi connectivity index (χ2v) is 1.97. The van der Waals surface area contributed by atoms with Crippen molar-refractivity contribution in [3.8, 4) is 0 Å². The normalized spacial score (nSPS) is 8.82. The first-order valence-corrected chi connectivity index (χ1v) is 3.45. The monoisotopic (exact) mass is 159 g/mol. The van der Waals surface area contributed by atoms with Gasteiger partial charge in [-0.3, -0.25) is 4.79 Å². The second-order valence-electron chi connectivity index (χ2n) is 1.97. The van der Waals surface area contributed by atoms with Crippen molar-refractivity contribution in [2.75, 3.05) is 6.79 Å². The van der Waals surface area contributed by atoms with Crippen LogP contribution in [0.2, 0.25) is 0 Å². The third-order valence-corrected chi connectivity index (χ3v) is 1.07. The summed E-state index contributed by atoms with van der Waals surface area (Å²) < 4.78 is 8.50. The van der Waals surface area contributed by atoms with E-state index in [1.807, 2.05) is 6.92 Å². The number of unbranched alkanes of at least 4 members (excludes halogenated alkanes) is 1. The maximum atomic E-state index is 10.6. The van der Waals surface area contributed by atoms with Crippen LogP contribution in [0, 0.1) is 0 Å². The van der Waals surface area contributed by atoms with Crippen LogP contribution in [0.5, 0.6) is 0 Å². The first-order chi connectivity index (χ1) is 5.31. The lowest BCUT2D eigenvalue weighted by Gasteiger charge is -2.00. The van der Waals surface area contributed by atoms with Crippen LogP contribution < -0.4 is 0 Å². The molecule has 0 fully saturated rings. The van der Waals surface area contributed by atoms with E-state index in [9.17, 15) is 9.59 Å². The Kier molecular flexibility index (Phi) is 6.37. The van der Waals surface area contributed by atoms with Crippen LogP contribution in [-0.2, 0) is 19.1 Å². The minimum absolute atomic E-state index is 0.327. The highest BCUT2D eigenvalue weighted by Gasteiger charge is 2.00. The summed E-state index contributed by atoms with van der Waals surface area (Å²) in [4.78, 5) is 20.1. The van der Waals surface area contributed by atoms with Gasteiger partial charge in [-0.1, -0.05) is 13.3 Å². The highest BCUT2D eigenvalue weighted by molar-refractivity contribution is 5.69. The molecule has 0 rings (SSSR count). The standard InChI is InChI=1S/C7H11O4/c1-2-3-4-7(9)11-6-10-5-8/h2-4,6H2,1H3. The average Bonchev–Trinajstić information content (AvgIpc) is 2.01. The molecule has 0 saturated carbocycles. The SMILES string of the molecule is CCCCC(=O)OCO[C]=O. The fraction of sp³-hybridized carbons (Fsp3) is 0.714. The number of carbonyl (C=O) groups is 1. The van der Waals surface area contributed by atoms with Crippen LogP contribution in [0.25, 0.3) is 0 Å². The van der Waals surface area contributed by atoms with Crippen LogP contribution in [0.3, 0.4) is 0 Å². The van der Waals surface area contributed by atoms with Gasteiger partial charge < -0.3 is 9.47 Å². The Morgan fingerprint density at radius 2 is 2.27 bits per heavy atom. The maximum absolute atomic E-state index is 10.6. The molecule has 0 amide bonds. The number of hydrogen-bond donors (Lipinski definition) is 0. The summed E-state index contributed by atoms with van der Waals surface area (Å²) in [6.45, 7) is 2.80. The van der Waals surface area contributed by atoms with Gasteiger partial charge in [0.25, 0.3) is 0 Å². The summed E-state index contributed by atoms with van der Waals surface area (Å²) in [7, 11) is 0. The van der Waals surface area contributed by atoms with Gasteiger partial charge in [-0.2, -0.15) is 0 Å².